The van der Waals surface area contributed by atoms with Crippen molar-refractivity contribution >= 4 is 11.9 Å². The van der Waals surface area contributed by atoms with Gasteiger partial charge in [-0.1, -0.05) is 0 Å². The molecule has 1 aliphatic rings. The molecule has 2 heterocycles. The highest BCUT2D eigenvalue weighted by atomic mass is 19.1. The topological polar surface area (TPSA) is 99.6 Å². The Balaban J connectivity index is 1.66. The van der Waals surface area contributed by atoms with Gasteiger partial charge in [0, 0.05) is 13.1 Å². The summed E-state index contributed by atoms with van der Waals surface area (Å²) in [6.07, 6.45) is 0.977. The number of nitriles is 1. The summed E-state index contributed by atoms with van der Waals surface area (Å²) in [6.45, 7) is 0.976. The number of anilines is 1. The molecule has 1 fully saturated rings. The molecule has 2 aromatic rings. The molecule has 0 bridgehead atoms. The zero-order chi connectivity index (χ0) is 17.8. The van der Waals surface area contributed by atoms with Crippen LogP contribution in [0.5, 0.6) is 5.75 Å². The average molecular weight is 345 g/mol. The molecule has 1 N–H and O–H groups in total. The first-order valence-corrected chi connectivity index (χ1v) is 7.82. The molecule has 0 aliphatic carbocycles. The number of rotatable bonds is 5. The second-order valence-electron chi connectivity index (χ2n) is 5.72. The molecule has 0 radical (unpaired) electrons. The molecule has 0 atom stereocenters. The van der Waals surface area contributed by atoms with E-state index in [1.54, 1.807) is 0 Å². The largest absolute Gasteiger partial charge is 0.484 e. The van der Waals surface area contributed by atoms with Gasteiger partial charge in [0.05, 0.1) is 5.92 Å². The number of nitrogens with zero attached hydrogens (tertiary/aromatic N) is 3. The van der Waals surface area contributed by atoms with Gasteiger partial charge in [-0.25, -0.2) is 4.39 Å². The van der Waals surface area contributed by atoms with Crippen LogP contribution in [0.1, 0.15) is 24.4 Å². The normalized spacial score (nSPS) is 15.0. The third-order valence-electron chi connectivity index (χ3n) is 4.07. The molecule has 0 spiro atoms. The molecule has 1 aromatic carbocycles. The van der Waals surface area contributed by atoms with Crippen molar-refractivity contribution in [2.24, 2.45) is 5.92 Å². The summed E-state index contributed by atoms with van der Waals surface area (Å²) in [6, 6.07) is 7.52. The predicted molar refractivity (Wildman–Crippen MR) is 84.5 cm³/mol. The maximum atomic E-state index is 12.9. The van der Waals surface area contributed by atoms with Crippen LogP contribution in [-0.4, -0.2) is 29.1 Å². The summed E-state index contributed by atoms with van der Waals surface area (Å²) >= 11 is 0. The summed E-state index contributed by atoms with van der Waals surface area (Å²) in [5.74, 6) is -0.499. The third kappa shape index (κ3) is 3.88. The van der Waals surface area contributed by atoms with E-state index in [1.807, 2.05) is 11.0 Å². The van der Waals surface area contributed by atoms with Crippen molar-refractivity contribution in [1.29, 1.82) is 5.26 Å². The molecular formula is C17H16FN3O4. The van der Waals surface area contributed by atoms with Crippen molar-refractivity contribution in [2.45, 2.75) is 19.4 Å². The first kappa shape index (κ1) is 16.8. The Morgan fingerprint density at radius 1 is 1.40 bits per heavy atom. The number of carboxylic acid groups (broad SMARTS) is 1. The van der Waals surface area contributed by atoms with E-state index >= 15 is 0 Å². The average Bonchev–Trinajstić information content (AvgIpc) is 3.04. The lowest BCUT2D eigenvalue weighted by molar-refractivity contribution is -0.142. The summed E-state index contributed by atoms with van der Waals surface area (Å²) in [5.41, 5.74) is 0.145. The van der Waals surface area contributed by atoms with Crippen molar-refractivity contribution in [2.75, 3.05) is 18.0 Å². The number of carboxylic acids is 1. The molecule has 8 heteroatoms. The first-order valence-electron chi connectivity index (χ1n) is 7.82. The number of hydrogen-bond donors (Lipinski definition) is 1. The van der Waals surface area contributed by atoms with Crippen LogP contribution < -0.4 is 9.64 Å². The molecule has 7 nitrogen and oxygen atoms in total. The van der Waals surface area contributed by atoms with Gasteiger partial charge >= 0.3 is 5.97 Å². The van der Waals surface area contributed by atoms with Gasteiger partial charge in [-0.05, 0) is 37.1 Å². The van der Waals surface area contributed by atoms with Crippen LogP contribution in [0.4, 0.5) is 10.3 Å². The van der Waals surface area contributed by atoms with E-state index in [2.05, 4.69) is 4.98 Å². The lowest BCUT2D eigenvalue weighted by Crippen LogP contribution is -2.36. The fourth-order valence-electron chi connectivity index (χ4n) is 2.71. The van der Waals surface area contributed by atoms with Gasteiger partial charge in [0.1, 0.15) is 17.6 Å². The third-order valence-corrected chi connectivity index (χ3v) is 4.07. The van der Waals surface area contributed by atoms with E-state index in [0.29, 0.717) is 37.6 Å². The first-order chi connectivity index (χ1) is 12.1. The monoisotopic (exact) mass is 345 g/mol. The van der Waals surface area contributed by atoms with Crippen LogP contribution in [0, 0.1) is 23.1 Å². The Morgan fingerprint density at radius 2 is 2.08 bits per heavy atom. The standard InChI is InChI=1S/C17H16FN3O4/c18-12-1-3-13(4-2-12)24-10-15-20-14(9-19)16(25-15)21-7-5-11(6-8-21)17(22)23/h1-4,11H,5-8,10H2,(H,22,23). The van der Waals surface area contributed by atoms with Crippen molar-refractivity contribution < 1.29 is 23.4 Å². The molecule has 1 saturated heterocycles. The fourth-order valence-corrected chi connectivity index (χ4v) is 2.71. The summed E-state index contributed by atoms with van der Waals surface area (Å²) < 4.78 is 24.0. The zero-order valence-corrected chi connectivity index (χ0v) is 13.3. The lowest BCUT2D eigenvalue weighted by atomic mass is 9.97. The van der Waals surface area contributed by atoms with Gasteiger partial charge < -0.3 is 19.2 Å². The lowest BCUT2D eigenvalue weighted by Gasteiger charge is -2.29. The van der Waals surface area contributed by atoms with Gasteiger partial charge in [-0.15, -0.1) is 0 Å². The number of hydrogen-bond acceptors (Lipinski definition) is 6. The predicted octanol–water partition coefficient (Wildman–Crippen LogP) is 2.57. The van der Waals surface area contributed by atoms with E-state index in [-0.39, 0.29) is 29.9 Å². The number of oxazole rings is 1. The Morgan fingerprint density at radius 3 is 2.68 bits per heavy atom. The number of halogens is 1. The molecule has 1 aliphatic heterocycles. The molecular weight excluding hydrogens is 329 g/mol. The molecule has 0 unspecified atom stereocenters. The number of aromatic nitrogens is 1. The minimum absolute atomic E-state index is 0.00586. The Kier molecular flexibility index (Phi) is 4.84. The summed E-state index contributed by atoms with van der Waals surface area (Å²) in [4.78, 5) is 17.0. The molecule has 0 saturated carbocycles. The SMILES string of the molecule is N#Cc1nc(COc2ccc(F)cc2)oc1N1CCC(C(=O)O)CC1. The quantitative estimate of drug-likeness (QED) is 0.889. The maximum Gasteiger partial charge on any atom is 0.306 e. The van der Waals surface area contributed by atoms with Crippen LogP contribution in [-0.2, 0) is 11.4 Å². The smallest absolute Gasteiger partial charge is 0.306 e. The van der Waals surface area contributed by atoms with Crippen LogP contribution in [0.25, 0.3) is 0 Å². The highest BCUT2D eigenvalue weighted by Crippen LogP contribution is 2.27. The second kappa shape index (κ2) is 7.21. The van der Waals surface area contributed by atoms with Crippen molar-refractivity contribution in [3.63, 3.8) is 0 Å². The van der Waals surface area contributed by atoms with E-state index in [0.717, 1.165) is 0 Å². The Bertz CT molecular complexity index is 789. The van der Waals surface area contributed by atoms with Gasteiger partial charge in [0.15, 0.2) is 6.61 Å². The van der Waals surface area contributed by atoms with E-state index < -0.39 is 5.97 Å². The highest BCUT2D eigenvalue weighted by molar-refractivity contribution is 5.70. The number of aliphatic carboxylic acids is 1. The minimum atomic E-state index is -0.800. The molecule has 25 heavy (non-hydrogen) atoms. The number of piperidine rings is 1. The fraction of sp³-hybridized carbons (Fsp3) is 0.353. The maximum absolute atomic E-state index is 12.9. The summed E-state index contributed by atoms with van der Waals surface area (Å²) in [5, 5.41) is 18.3. The van der Waals surface area contributed by atoms with Crippen molar-refractivity contribution in [3.05, 3.63) is 41.7 Å². The van der Waals surface area contributed by atoms with Crippen molar-refractivity contribution in [1.82, 2.24) is 4.98 Å². The van der Waals surface area contributed by atoms with Gasteiger partial charge in [0.2, 0.25) is 17.5 Å². The van der Waals surface area contributed by atoms with Crippen LogP contribution in [0.2, 0.25) is 0 Å². The molecule has 130 valence electrons. The van der Waals surface area contributed by atoms with E-state index in [9.17, 15) is 14.4 Å². The highest BCUT2D eigenvalue weighted by Gasteiger charge is 2.28. The molecule has 1 aromatic heterocycles. The zero-order valence-electron chi connectivity index (χ0n) is 13.3. The number of carbonyl (C=O) groups is 1. The minimum Gasteiger partial charge on any atom is -0.484 e. The van der Waals surface area contributed by atoms with Crippen LogP contribution in [0.15, 0.2) is 28.7 Å². The second-order valence-corrected chi connectivity index (χ2v) is 5.72. The number of benzene rings is 1. The Hall–Kier alpha value is -3.08. The molecule has 3 rings (SSSR count). The van der Waals surface area contributed by atoms with Gasteiger partial charge in [0.25, 0.3) is 0 Å². The van der Waals surface area contributed by atoms with Crippen LogP contribution in [0.3, 0.4) is 0 Å². The molecule has 0 amide bonds. The van der Waals surface area contributed by atoms with E-state index in [4.69, 9.17) is 14.3 Å². The summed E-state index contributed by atoms with van der Waals surface area (Å²) in [7, 11) is 0. The number of ether oxygens (including phenoxy) is 1. The van der Waals surface area contributed by atoms with Crippen LogP contribution >= 0.6 is 0 Å². The van der Waals surface area contributed by atoms with E-state index in [1.165, 1.54) is 24.3 Å². The Labute approximate surface area is 143 Å². The van der Waals surface area contributed by atoms with Crippen molar-refractivity contribution in [3.8, 4) is 11.8 Å². The van der Waals surface area contributed by atoms with Gasteiger partial charge in [-0.3, -0.25) is 4.79 Å². The van der Waals surface area contributed by atoms with Gasteiger partial charge in [-0.2, -0.15) is 10.2 Å².